The molecule has 26 heavy (non-hydrogen) atoms. The molecule has 1 heterocycles. The van der Waals surface area contributed by atoms with Crippen molar-refractivity contribution in [1.29, 1.82) is 0 Å². The molecule has 5 nitrogen and oxygen atoms in total. The van der Waals surface area contributed by atoms with E-state index in [2.05, 4.69) is 13.5 Å². The van der Waals surface area contributed by atoms with E-state index < -0.39 is 5.41 Å². The number of allylic oxidation sites excluding steroid dienone is 3. The van der Waals surface area contributed by atoms with E-state index in [0.29, 0.717) is 17.9 Å². The van der Waals surface area contributed by atoms with Crippen LogP contribution in [0.4, 0.5) is 0 Å². The molecule has 0 saturated heterocycles. The first-order valence-electron chi connectivity index (χ1n) is 8.61. The second kappa shape index (κ2) is 7.28. The molecule has 1 aliphatic carbocycles. The highest BCUT2D eigenvalue weighted by Gasteiger charge is 2.42. The molecular weight excluding hydrogens is 332 g/mol. The summed E-state index contributed by atoms with van der Waals surface area (Å²) in [6.07, 6.45) is 6.67. The molecule has 138 valence electrons. The highest BCUT2D eigenvalue weighted by molar-refractivity contribution is 6.04. The molecule has 0 N–H and O–H groups in total. The lowest BCUT2D eigenvalue weighted by Gasteiger charge is -2.39. The average molecular weight is 356 g/mol. The molecule has 0 saturated carbocycles. The Morgan fingerprint density at radius 2 is 2.04 bits per heavy atom. The van der Waals surface area contributed by atoms with Crippen LogP contribution in [-0.2, 0) is 20.7 Å². The van der Waals surface area contributed by atoms with E-state index >= 15 is 0 Å². The molecule has 0 spiro atoms. The normalized spacial score (nSPS) is 22.3. The molecule has 2 unspecified atom stereocenters. The summed E-state index contributed by atoms with van der Waals surface area (Å²) in [5, 5.41) is 0. The second-order valence-electron chi connectivity index (χ2n) is 6.62. The lowest BCUT2D eigenvalue weighted by Crippen LogP contribution is -2.35. The van der Waals surface area contributed by atoms with Crippen LogP contribution < -0.4 is 9.47 Å². The van der Waals surface area contributed by atoms with Crippen molar-refractivity contribution in [3.8, 4) is 11.5 Å². The Morgan fingerprint density at radius 1 is 1.27 bits per heavy atom. The standard InChI is InChI=1S/C21H24O5/c1-5-8-21(12-19(23-3)16(22)11-20(21)24-4)14(2)9-15-6-7-17-18(10-15)26-13-25-17/h5-7,10-12,14H,1,8-9,13H2,2-4H3. The van der Waals surface area contributed by atoms with Crippen LogP contribution in [0.25, 0.3) is 0 Å². The topological polar surface area (TPSA) is 54.0 Å². The number of ether oxygens (including phenoxy) is 4. The first kappa shape index (κ1) is 18.1. The Hall–Kier alpha value is -2.69. The summed E-state index contributed by atoms with van der Waals surface area (Å²) in [6.45, 7) is 6.30. The summed E-state index contributed by atoms with van der Waals surface area (Å²) in [6, 6.07) is 5.97. The summed E-state index contributed by atoms with van der Waals surface area (Å²) in [5.74, 6) is 2.46. The molecule has 2 atom stereocenters. The lowest BCUT2D eigenvalue weighted by molar-refractivity contribution is -0.114. The maximum Gasteiger partial charge on any atom is 0.231 e. The van der Waals surface area contributed by atoms with Gasteiger partial charge in [-0.25, -0.2) is 0 Å². The molecular formula is C21H24O5. The van der Waals surface area contributed by atoms with Crippen molar-refractivity contribution >= 4 is 5.78 Å². The molecule has 0 radical (unpaired) electrons. The van der Waals surface area contributed by atoms with Gasteiger partial charge in [-0.1, -0.05) is 19.1 Å². The maximum atomic E-state index is 12.2. The van der Waals surface area contributed by atoms with Crippen molar-refractivity contribution in [2.75, 3.05) is 21.0 Å². The van der Waals surface area contributed by atoms with Gasteiger partial charge in [0.05, 0.1) is 19.6 Å². The average Bonchev–Trinajstić information content (AvgIpc) is 3.10. The van der Waals surface area contributed by atoms with Crippen LogP contribution >= 0.6 is 0 Å². The Labute approximate surface area is 153 Å². The van der Waals surface area contributed by atoms with Gasteiger partial charge in [-0.05, 0) is 42.5 Å². The van der Waals surface area contributed by atoms with Crippen molar-refractivity contribution in [3.05, 3.63) is 60.1 Å². The fraction of sp³-hybridized carbons (Fsp3) is 0.381. The van der Waals surface area contributed by atoms with Gasteiger partial charge in [-0.3, -0.25) is 4.79 Å². The summed E-state index contributed by atoms with van der Waals surface area (Å²) in [5.41, 5.74) is 0.636. The van der Waals surface area contributed by atoms with Crippen LogP contribution in [-0.4, -0.2) is 26.8 Å². The van der Waals surface area contributed by atoms with Crippen molar-refractivity contribution in [3.63, 3.8) is 0 Å². The predicted molar refractivity (Wildman–Crippen MR) is 97.9 cm³/mol. The van der Waals surface area contributed by atoms with Gasteiger partial charge in [0.25, 0.3) is 0 Å². The fourth-order valence-corrected chi connectivity index (χ4v) is 3.70. The molecule has 1 aliphatic heterocycles. The number of carbonyl (C=O) groups excluding carboxylic acids is 1. The monoisotopic (exact) mass is 356 g/mol. The fourth-order valence-electron chi connectivity index (χ4n) is 3.70. The molecule has 1 aromatic carbocycles. The van der Waals surface area contributed by atoms with Crippen molar-refractivity contribution in [2.45, 2.75) is 19.8 Å². The van der Waals surface area contributed by atoms with E-state index in [4.69, 9.17) is 18.9 Å². The van der Waals surface area contributed by atoms with Gasteiger partial charge in [0.1, 0.15) is 5.76 Å². The van der Waals surface area contributed by atoms with Gasteiger partial charge in [0.15, 0.2) is 17.3 Å². The van der Waals surface area contributed by atoms with E-state index in [1.165, 1.54) is 13.2 Å². The minimum Gasteiger partial charge on any atom is -0.500 e. The summed E-state index contributed by atoms with van der Waals surface area (Å²) < 4.78 is 21.8. The van der Waals surface area contributed by atoms with Crippen LogP contribution in [0.1, 0.15) is 18.9 Å². The number of benzene rings is 1. The van der Waals surface area contributed by atoms with Crippen LogP contribution in [0.2, 0.25) is 0 Å². The SMILES string of the molecule is C=CCC1(C(C)Cc2ccc3c(c2)OCO3)C=C(OC)C(=O)C=C1OC. The molecule has 0 amide bonds. The van der Waals surface area contributed by atoms with Gasteiger partial charge < -0.3 is 18.9 Å². The van der Waals surface area contributed by atoms with E-state index in [1.807, 2.05) is 30.4 Å². The quantitative estimate of drug-likeness (QED) is 0.696. The van der Waals surface area contributed by atoms with Crippen LogP contribution in [0.3, 0.4) is 0 Å². The summed E-state index contributed by atoms with van der Waals surface area (Å²) in [4.78, 5) is 12.2. The third kappa shape index (κ3) is 3.09. The minimum atomic E-state index is -0.494. The number of carbonyl (C=O) groups is 1. The van der Waals surface area contributed by atoms with Crippen LogP contribution in [0, 0.1) is 11.3 Å². The van der Waals surface area contributed by atoms with Crippen molar-refractivity contribution < 1.29 is 23.7 Å². The Bertz CT molecular complexity index is 777. The Morgan fingerprint density at radius 3 is 2.73 bits per heavy atom. The van der Waals surface area contributed by atoms with E-state index in [-0.39, 0.29) is 18.5 Å². The molecule has 0 fully saturated rings. The molecule has 0 bridgehead atoms. The first-order valence-corrected chi connectivity index (χ1v) is 8.61. The molecule has 2 aliphatic rings. The highest BCUT2D eigenvalue weighted by atomic mass is 16.7. The number of ketones is 1. The highest BCUT2D eigenvalue weighted by Crippen LogP contribution is 2.46. The minimum absolute atomic E-state index is 0.130. The van der Waals surface area contributed by atoms with Gasteiger partial charge in [-0.15, -0.1) is 6.58 Å². The smallest absolute Gasteiger partial charge is 0.231 e. The molecule has 1 aromatic rings. The van der Waals surface area contributed by atoms with Gasteiger partial charge in [0, 0.05) is 6.08 Å². The van der Waals surface area contributed by atoms with Gasteiger partial charge in [0.2, 0.25) is 12.6 Å². The third-order valence-electron chi connectivity index (χ3n) is 5.13. The van der Waals surface area contributed by atoms with E-state index in [0.717, 1.165) is 23.5 Å². The number of methoxy groups -OCH3 is 2. The Balaban J connectivity index is 1.95. The van der Waals surface area contributed by atoms with Crippen LogP contribution in [0.15, 0.2) is 54.5 Å². The van der Waals surface area contributed by atoms with Gasteiger partial charge >= 0.3 is 0 Å². The first-order chi connectivity index (χ1) is 12.5. The maximum absolute atomic E-state index is 12.2. The third-order valence-corrected chi connectivity index (χ3v) is 5.13. The van der Waals surface area contributed by atoms with Crippen molar-refractivity contribution in [2.24, 2.45) is 11.3 Å². The zero-order chi connectivity index (χ0) is 18.7. The predicted octanol–water partition coefficient (Wildman–Crippen LogP) is 3.80. The van der Waals surface area contributed by atoms with E-state index in [9.17, 15) is 4.79 Å². The number of fused-ring (bicyclic) bond motifs is 1. The zero-order valence-electron chi connectivity index (χ0n) is 15.4. The number of hydrogen-bond donors (Lipinski definition) is 0. The number of rotatable bonds is 7. The number of hydrogen-bond acceptors (Lipinski definition) is 5. The largest absolute Gasteiger partial charge is 0.500 e. The van der Waals surface area contributed by atoms with Crippen LogP contribution in [0.5, 0.6) is 11.5 Å². The summed E-state index contributed by atoms with van der Waals surface area (Å²) >= 11 is 0. The van der Waals surface area contributed by atoms with Gasteiger partial charge in [-0.2, -0.15) is 0 Å². The molecule has 3 rings (SSSR count). The zero-order valence-corrected chi connectivity index (χ0v) is 15.4. The van der Waals surface area contributed by atoms with E-state index in [1.54, 1.807) is 7.11 Å². The summed E-state index contributed by atoms with van der Waals surface area (Å²) in [7, 11) is 3.10. The second-order valence-corrected chi connectivity index (χ2v) is 6.62. The Kier molecular flexibility index (Phi) is 5.07. The van der Waals surface area contributed by atoms with Crippen molar-refractivity contribution in [1.82, 2.24) is 0 Å². The molecule has 0 aromatic heterocycles. The molecule has 5 heteroatoms. The lowest BCUT2D eigenvalue weighted by atomic mass is 9.67.